The lowest BCUT2D eigenvalue weighted by Gasteiger charge is -2.16. The number of nitrogens with two attached hydrogens (primary N) is 1. The number of aliphatic carboxylic acids is 1. The molecule has 0 spiro atoms. The van der Waals surface area contributed by atoms with Crippen LogP contribution in [0.25, 0.3) is 0 Å². The van der Waals surface area contributed by atoms with Gasteiger partial charge in [0.25, 0.3) is 0 Å². The van der Waals surface area contributed by atoms with Crippen molar-refractivity contribution in [1.82, 2.24) is 0 Å². The van der Waals surface area contributed by atoms with Crippen LogP contribution < -0.4 is 15.2 Å². The molecule has 5 nitrogen and oxygen atoms in total. The van der Waals surface area contributed by atoms with Crippen LogP contribution in [0.3, 0.4) is 0 Å². The van der Waals surface area contributed by atoms with Crippen LogP contribution in [0.5, 0.6) is 11.5 Å². The van der Waals surface area contributed by atoms with E-state index >= 15 is 0 Å². The molecule has 0 heterocycles. The molecule has 0 saturated heterocycles. The molecule has 3 N–H and O–H groups in total. The summed E-state index contributed by atoms with van der Waals surface area (Å²) in [4.78, 5) is 11.6. The summed E-state index contributed by atoms with van der Waals surface area (Å²) >= 11 is 0. The minimum Gasteiger partial charge on any atom is -0.497 e. The third-order valence-corrected chi connectivity index (χ3v) is 3.55. The smallest absolute Gasteiger partial charge is 0.311 e. The highest BCUT2D eigenvalue weighted by Crippen LogP contribution is 2.30. The van der Waals surface area contributed by atoms with E-state index < -0.39 is 11.9 Å². The van der Waals surface area contributed by atoms with Crippen LogP contribution in [0.2, 0.25) is 0 Å². The number of carbonyl (C=O) groups is 1. The minimum atomic E-state index is -0.894. The first-order valence-corrected chi connectivity index (χ1v) is 6.84. The highest BCUT2D eigenvalue weighted by atomic mass is 16.5. The molecule has 2 aromatic rings. The Hall–Kier alpha value is -2.69. The minimum absolute atomic E-state index is 0.305. The van der Waals surface area contributed by atoms with Crippen LogP contribution in [0.1, 0.15) is 17.0 Å². The van der Waals surface area contributed by atoms with E-state index in [2.05, 4.69) is 0 Å². The maximum Gasteiger partial charge on any atom is 0.311 e. The molecular weight excluding hydrogens is 282 g/mol. The van der Waals surface area contributed by atoms with Crippen molar-refractivity contribution < 1.29 is 19.4 Å². The first kappa shape index (κ1) is 15.7. The Morgan fingerprint density at radius 1 is 1.14 bits per heavy atom. The summed E-state index contributed by atoms with van der Waals surface area (Å²) in [5.74, 6) is -0.268. The van der Waals surface area contributed by atoms with E-state index in [1.165, 1.54) is 0 Å². The maximum absolute atomic E-state index is 11.6. The quantitative estimate of drug-likeness (QED) is 0.802. The number of methoxy groups -OCH3 is 2. The molecule has 0 aliphatic rings. The lowest BCUT2D eigenvalue weighted by atomic mass is 9.91. The topological polar surface area (TPSA) is 81.8 Å². The number of benzene rings is 2. The van der Waals surface area contributed by atoms with Crippen LogP contribution in [-0.2, 0) is 11.2 Å². The zero-order valence-electron chi connectivity index (χ0n) is 12.6. The molecule has 2 rings (SSSR count). The van der Waals surface area contributed by atoms with Crippen molar-refractivity contribution >= 4 is 11.7 Å². The molecule has 22 heavy (non-hydrogen) atoms. The molecule has 0 bridgehead atoms. The number of carboxylic acids is 1. The largest absolute Gasteiger partial charge is 0.497 e. The number of hydrogen-bond acceptors (Lipinski definition) is 4. The van der Waals surface area contributed by atoms with Crippen molar-refractivity contribution in [2.24, 2.45) is 0 Å². The molecule has 0 amide bonds. The Labute approximate surface area is 129 Å². The van der Waals surface area contributed by atoms with Crippen LogP contribution >= 0.6 is 0 Å². The lowest BCUT2D eigenvalue weighted by Crippen LogP contribution is -2.15. The van der Waals surface area contributed by atoms with Crippen LogP contribution in [0.4, 0.5) is 5.69 Å². The predicted molar refractivity (Wildman–Crippen MR) is 84.5 cm³/mol. The van der Waals surface area contributed by atoms with Crippen molar-refractivity contribution in [3.63, 3.8) is 0 Å². The fraction of sp³-hybridized carbons (Fsp3) is 0.235. The van der Waals surface area contributed by atoms with Gasteiger partial charge in [0.2, 0.25) is 0 Å². The van der Waals surface area contributed by atoms with E-state index in [0.717, 1.165) is 5.56 Å². The maximum atomic E-state index is 11.6. The molecule has 2 aromatic carbocycles. The van der Waals surface area contributed by atoms with Gasteiger partial charge in [-0.05, 0) is 47.9 Å². The van der Waals surface area contributed by atoms with Crippen LogP contribution in [0.15, 0.2) is 42.5 Å². The normalized spacial score (nSPS) is 11.7. The molecule has 1 atom stereocenters. The molecule has 0 saturated carbocycles. The van der Waals surface area contributed by atoms with Gasteiger partial charge >= 0.3 is 5.97 Å². The van der Waals surface area contributed by atoms with Crippen molar-refractivity contribution in [3.05, 3.63) is 53.6 Å². The first-order valence-electron chi connectivity index (χ1n) is 6.84. The molecule has 1 unspecified atom stereocenters. The van der Waals surface area contributed by atoms with Gasteiger partial charge in [-0.2, -0.15) is 0 Å². The number of nitrogen functional groups attached to an aromatic ring is 1. The number of hydrogen-bond donors (Lipinski definition) is 2. The van der Waals surface area contributed by atoms with E-state index in [4.69, 9.17) is 15.2 Å². The third-order valence-electron chi connectivity index (χ3n) is 3.55. The monoisotopic (exact) mass is 301 g/mol. The van der Waals surface area contributed by atoms with E-state index in [1.54, 1.807) is 56.7 Å². The Kier molecular flexibility index (Phi) is 4.88. The molecule has 0 aliphatic heterocycles. The van der Waals surface area contributed by atoms with Gasteiger partial charge in [-0.15, -0.1) is 0 Å². The molecule has 5 heteroatoms. The Morgan fingerprint density at radius 2 is 1.82 bits per heavy atom. The molecule has 0 aromatic heterocycles. The summed E-state index contributed by atoms with van der Waals surface area (Å²) in [6, 6.07) is 12.2. The van der Waals surface area contributed by atoms with Crippen molar-refractivity contribution in [1.29, 1.82) is 0 Å². The van der Waals surface area contributed by atoms with Gasteiger partial charge in [-0.1, -0.05) is 12.1 Å². The van der Waals surface area contributed by atoms with E-state index in [9.17, 15) is 9.90 Å². The Morgan fingerprint density at radius 3 is 2.36 bits per heavy atom. The zero-order chi connectivity index (χ0) is 16.1. The van der Waals surface area contributed by atoms with Gasteiger partial charge in [-0.3, -0.25) is 4.79 Å². The Bertz CT molecular complexity index is 652. The summed E-state index contributed by atoms with van der Waals surface area (Å²) in [6.45, 7) is 0. The second kappa shape index (κ2) is 6.85. The van der Waals surface area contributed by atoms with Gasteiger partial charge in [-0.25, -0.2) is 0 Å². The predicted octanol–water partition coefficient (Wildman–Crippen LogP) is 2.70. The highest BCUT2D eigenvalue weighted by molar-refractivity contribution is 5.77. The number of carboxylic acid groups (broad SMARTS) is 1. The average molecular weight is 301 g/mol. The van der Waals surface area contributed by atoms with Gasteiger partial charge < -0.3 is 20.3 Å². The third kappa shape index (κ3) is 3.49. The molecule has 0 radical (unpaired) electrons. The summed E-state index contributed by atoms with van der Waals surface area (Å²) in [6.07, 6.45) is 0.305. The van der Waals surface area contributed by atoms with E-state index in [0.29, 0.717) is 29.2 Å². The molecule has 0 fully saturated rings. The van der Waals surface area contributed by atoms with Crippen LogP contribution in [-0.4, -0.2) is 25.3 Å². The average Bonchev–Trinajstić information content (AvgIpc) is 2.53. The fourth-order valence-electron chi connectivity index (χ4n) is 2.34. The highest BCUT2D eigenvalue weighted by Gasteiger charge is 2.22. The van der Waals surface area contributed by atoms with Gasteiger partial charge in [0.15, 0.2) is 0 Å². The van der Waals surface area contributed by atoms with Crippen molar-refractivity contribution in [3.8, 4) is 11.5 Å². The van der Waals surface area contributed by atoms with Gasteiger partial charge in [0.05, 0.1) is 20.1 Å². The SMILES string of the molecule is COc1ccc(OC)c(CC(C(=O)O)c2ccc(N)cc2)c1. The first-order chi connectivity index (χ1) is 10.5. The zero-order valence-corrected chi connectivity index (χ0v) is 12.6. The molecule has 116 valence electrons. The van der Waals surface area contributed by atoms with Crippen molar-refractivity contribution in [2.75, 3.05) is 20.0 Å². The van der Waals surface area contributed by atoms with Gasteiger partial charge in [0, 0.05) is 5.69 Å². The summed E-state index contributed by atoms with van der Waals surface area (Å²) in [5.41, 5.74) is 7.74. The van der Waals surface area contributed by atoms with E-state index in [1.807, 2.05) is 0 Å². The number of rotatable bonds is 6. The van der Waals surface area contributed by atoms with Crippen LogP contribution in [0, 0.1) is 0 Å². The van der Waals surface area contributed by atoms with Crippen molar-refractivity contribution in [2.45, 2.75) is 12.3 Å². The fourth-order valence-corrected chi connectivity index (χ4v) is 2.34. The molecule has 0 aliphatic carbocycles. The number of ether oxygens (including phenoxy) is 2. The number of anilines is 1. The summed E-state index contributed by atoms with van der Waals surface area (Å²) in [7, 11) is 3.13. The Balaban J connectivity index is 2.35. The van der Waals surface area contributed by atoms with E-state index in [-0.39, 0.29) is 0 Å². The standard InChI is InChI=1S/C17H19NO4/c1-21-14-7-8-16(22-2)12(9-14)10-15(17(19)20)11-3-5-13(18)6-4-11/h3-9,15H,10,18H2,1-2H3,(H,19,20). The summed E-state index contributed by atoms with van der Waals surface area (Å²) in [5, 5.41) is 9.54. The molecular formula is C17H19NO4. The van der Waals surface area contributed by atoms with Gasteiger partial charge in [0.1, 0.15) is 11.5 Å². The second-order valence-corrected chi connectivity index (χ2v) is 4.94. The second-order valence-electron chi connectivity index (χ2n) is 4.94. The lowest BCUT2D eigenvalue weighted by molar-refractivity contribution is -0.138. The summed E-state index contributed by atoms with van der Waals surface area (Å²) < 4.78 is 10.5.